The standard InChI is InChI=1S/C15H13Cl2NO2S/c1-10-12(16)6-7-14(15(10)17)21(19,20)18-9-8-11-4-2-3-5-13(11)18/h2-7H,8-9H2,1H3. The minimum Gasteiger partial charge on any atom is -0.266 e. The van der Waals surface area contributed by atoms with Gasteiger partial charge in [-0.2, -0.15) is 0 Å². The Bertz CT molecular complexity index is 818. The van der Waals surface area contributed by atoms with Gasteiger partial charge < -0.3 is 0 Å². The van der Waals surface area contributed by atoms with E-state index in [0.717, 1.165) is 11.3 Å². The number of benzene rings is 2. The van der Waals surface area contributed by atoms with Crippen molar-refractivity contribution in [3.63, 3.8) is 0 Å². The first-order chi connectivity index (χ1) is 9.93. The Hall–Kier alpha value is -1.23. The van der Waals surface area contributed by atoms with Gasteiger partial charge in [0.05, 0.1) is 10.7 Å². The lowest BCUT2D eigenvalue weighted by Gasteiger charge is -2.21. The number of sulfonamides is 1. The number of rotatable bonds is 2. The molecule has 0 fully saturated rings. The zero-order valence-electron chi connectivity index (χ0n) is 11.3. The van der Waals surface area contributed by atoms with E-state index in [1.807, 2.05) is 24.3 Å². The van der Waals surface area contributed by atoms with E-state index in [1.165, 1.54) is 10.4 Å². The molecule has 3 rings (SSSR count). The van der Waals surface area contributed by atoms with Crippen LogP contribution in [0.15, 0.2) is 41.3 Å². The number of para-hydroxylation sites is 1. The van der Waals surface area contributed by atoms with Gasteiger partial charge >= 0.3 is 0 Å². The molecule has 0 saturated carbocycles. The molecule has 2 aromatic rings. The molecule has 0 aromatic heterocycles. The normalized spacial score (nSPS) is 14.3. The number of fused-ring (bicyclic) bond motifs is 1. The monoisotopic (exact) mass is 341 g/mol. The molecule has 2 aromatic carbocycles. The van der Waals surface area contributed by atoms with Gasteiger partial charge in [-0.05, 0) is 42.7 Å². The molecule has 0 radical (unpaired) electrons. The fourth-order valence-corrected chi connectivity index (χ4v) is 4.80. The molecule has 0 amide bonds. The third-order valence-corrected chi connectivity index (χ3v) is 6.56. The zero-order chi connectivity index (χ0) is 15.2. The van der Waals surface area contributed by atoms with Crippen LogP contribution in [0, 0.1) is 6.92 Å². The van der Waals surface area contributed by atoms with Crippen LogP contribution < -0.4 is 4.31 Å². The molecule has 1 heterocycles. The van der Waals surface area contributed by atoms with Gasteiger partial charge in [0, 0.05) is 11.6 Å². The summed E-state index contributed by atoms with van der Waals surface area (Å²) in [5.41, 5.74) is 2.33. The third-order valence-electron chi connectivity index (χ3n) is 3.70. The molecule has 3 nitrogen and oxygen atoms in total. The molecular formula is C15H13Cl2NO2S. The van der Waals surface area contributed by atoms with E-state index in [0.29, 0.717) is 23.6 Å². The lowest BCUT2D eigenvalue weighted by Crippen LogP contribution is -2.29. The largest absolute Gasteiger partial charge is 0.266 e. The van der Waals surface area contributed by atoms with E-state index < -0.39 is 10.0 Å². The lowest BCUT2D eigenvalue weighted by molar-refractivity contribution is 0.592. The van der Waals surface area contributed by atoms with E-state index in [9.17, 15) is 8.42 Å². The molecular weight excluding hydrogens is 329 g/mol. The quantitative estimate of drug-likeness (QED) is 0.826. The Kier molecular flexibility index (Phi) is 3.64. The number of hydrogen-bond acceptors (Lipinski definition) is 2. The van der Waals surface area contributed by atoms with Gasteiger partial charge in [-0.15, -0.1) is 0 Å². The van der Waals surface area contributed by atoms with Crippen LogP contribution in [-0.4, -0.2) is 15.0 Å². The highest BCUT2D eigenvalue weighted by atomic mass is 35.5. The fraction of sp³-hybridized carbons (Fsp3) is 0.200. The minimum atomic E-state index is -3.68. The molecule has 0 saturated heterocycles. The summed E-state index contributed by atoms with van der Waals surface area (Å²) in [4.78, 5) is 0.0998. The van der Waals surface area contributed by atoms with Crippen LogP contribution in [0.3, 0.4) is 0 Å². The second-order valence-electron chi connectivity index (χ2n) is 4.94. The molecule has 0 spiro atoms. The molecule has 0 unspecified atom stereocenters. The SMILES string of the molecule is Cc1c(Cl)ccc(S(=O)(=O)N2CCc3ccccc32)c1Cl. The van der Waals surface area contributed by atoms with Gasteiger partial charge in [0.15, 0.2) is 0 Å². The Morgan fingerprint density at radius 1 is 1.10 bits per heavy atom. The summed E-state index contributed by atoms with van der Waals surface area (Å²) in [6.45, 7) is 2.14. The number of anilines is 1. The predicted molar refractivity (Wildman–Crippen MR) is 85.9 cm³/mol. The number of hydrogen-bond donors (Lipinski definition) is 0. The first-order valence-corrected chi connectivity index (χ1v) is 8.68. The molecule has 110 valence electrons. The first kappa shape index (κ1) is 14.7. The molecule has 6 heteroatoms. The maximum Gasteiger partial charge on any atom is 0.265 e. The highest BCUT2D eigenvalue weighted by Crippen LogP contribution is 2.37. The van der Waals surface area contributed by atoms with Crippen molar-refractivity contribution in [2.45, 2.75) is 18.2 Å². The van der Waals surface area contributed by atoms with Gasteiger partial charge in [-0.1, -0.05) is 41.4 Å². The summed E-state index contributed by atoms with van der Waals surface area (Å²) in [5, 5.41) is 0.646. The van der Waals surface area contributed by atoms with Crippen LogP contribution in [0.5, 0.6) is 0 Å². The highest BCUT2D eigenvalue weighted by Gasteiger charge is 2.32. The van der Waals surface area contributed by atoms with Crippen molar-refractivity contribution >= 4 is 38.9 Å². The second-order valence-corrected chi connectivity index (χ2v) is 7.56. The molecule has 1 aliphatic rings. The van der Waals surface area contributed by atoms with Crippen LogP contribution in [0.1, 0.15) is 11.1 Å². The maximum atomic E-state index is 12.9. The first-order valence-electron chi connectivity index (χ1n) is 6.48. The van der Waals surface area contributed by atoms with Crippen molar-refractivity contribution in [1.29, 1.82) is 0 Å². The van der Waals surface area contributed by atoms with Crippen LogP contribution in [0.4, 0.5) is 5.69 Å². The predicted octanol–water partition coefficient (Wildman–Crippen LogP) is 4.05. The van der Waals surface area contributed by atoms with Gasteiger partial charge in [-0.3, -0.25) is 4.31 Å². The van der Waals surface area contributed by atoms with E-state index in [-0.39, 0.29) is 9.92 Å². The highest BCUT2D eigenvalue weighted by molar-refractivity contribution is 7.93. The Morgan fingerprint density at radius 2 is 1.81 bits per heavy atom. The van der Waals surface area contributed by atoms with Crippen LogP contribution in [0.25, 0.3) is 0 Å². The van der Waals surface area contributed by atoms with Gasteiger partial charge in [0.25, 0.3) is 10.0 Å². The van der Waals surface area contributed by atoms with E-state index in [4.69, 9.17) is 23.2 Å². The van der Waals surface area contributed by atoms with Crippen LogP contribution in [-0.2, 0) is 16.4 Å². The molecule has 21 heavy (non-hydrogen) atoms. The molecule has 0 aliphatic carbocycles. The van der Waals surface area contributed by atoms with Gasteiger partial charge in [0.2, 0.25) is 0 Å². The summed E-state index contributed by atoms with van der Waals surface area (Å²) in [6, 6.07) is 10.5. The maximum absolute atomic E-state index is 12.9. The molecule has 0 bridgehead atoms. The Labute approximate surface area is 134 Å². The molecule has 1 aliphatic heterocycles. The van der Waals surface area contributed by atoms with Crippen molar-refractivity contribution < 1.29 is 8.42 Å². The van der Waals surface area contributed by atoms with Crippen molar-refractivity contribution in [2.75, 3.05) is 10.8 Å². The van der Waals surface area contributed by atoms with Gasteiger partial charge in [0.1, 0.15) is 4.90 Å². The molecule has 0 N–H and O–H groups in total. The number of halogens is 2. The smallest absolute Gasteiger partial charge is 0.265 e. The minimum absolute atomic E-state index is 0.0998. The zero-order valence-corrected chi connectivity index (χ0v) is 13.6. The fourth-order valence-electron chi connectivity index (χ4n) is 2.51. The lowest BCUT2D eigenvalue weighted by atomic mass is 10.2. The summed E-state index contributed by atoms with van der Waals surface area (Å²) in [5.74, 6) is 0. The summed E-state index contributed by atoms with van der Waals surface area (Å²) in [7, 11) is -3.68. The van der Waals surface area contributed by atoms with Gasteiger partial charge in [-0.25, -0.2) is 8.42 Å². The van der Waals surface area contributed by atoms with E-state index in [2.05, 4.69) is 0 Å². The van der Waals surface area contributed by atoms with Crippen molar-refractivity contribution in [2.24, 2.45) is 0 Å². The Balaban J connectivity index is 2.13. The summed E-state index contributed by atoms with van der Waals surface area (Å²) < 4.78 is 27.2. The van der Waals surface area contributed by atoms with Crippen molar-refractivity contribution in [3.05, 3.63) is 57.6 Å². The molecule has 0 atom stereocenters. The summed E-state index contributed by atoms with van der Waals surface area (Å²) in [6.07, 6.45) is 0.708. The number of nitrogens with zero attached hydrogens (tertiary/aromatic N) is 1. The van der Waals surface area contributed by atoms with Crippen molar-refractivity contribution in [3.8, 4) is 0 Å². The average molecular weight is 342 g/mol. The second kappa shape index (κ2) is 5.20. The summed E-state index contributed by atoms with van der Waals surface area (Å²) >= 11 is 12.2. The van der Waals surface area contributed by atoms with Crippen LogP contribution in [0.2, 0.25) is 10.0 Å². The third kappa shape index (κ3) is 2.31. The van der Waals surface area contributed by atoms with E-state index in [1.54, 1.807) is 13.0 Å². The van der Waals surface area contributed by atoms with Crippen molar-refractivity contribution in [1.82, 2.24) is 0 Å². The Morgan fingerprint density at radius 3 is 2.57 bits per heavy atom. The van der Waals surface area contributed by atoms with Crippen LogP contribution >= 0.6 is 23.2 Å². The topological polar surface area (TPSA) is 37.4 Å². The average Bonchev–Trinajstić information content (AvgIpc) is 2.89. The van der Waals surface area contributed by atoms with E-state index >= 15 is 0 Å².